The van der Waals surface area contributed by atoms with Crippen molar-refractivity contribution in [3.05, 3.63) is 17.5 Å². The smallest absolute Gasteiger partial charge is 0.307 e. The third-order valence-electron chi connectivity index (χ3n) is 4.26. The molecule has 9 heteroatoms. The summed E-state index contributed by atoms with van der Waals surface area (Å²) < 4.78 is 31.5. The summed E-state index contributed by atoms with van der Waals surface area (Å²) in [5.41, 5.74) is 0. The molecule has 0 bridgehead atoms. The number of amides is 1. The molecule has 0 saturated heterocycles. The van der Waals surface area contributed by atoms with E-state index in [1.807, 2.05) is 0 Å². The number of carbonyl (C=O) groups excluding carboxylic acids is 2. The molecule has 1 aliphatic rings. The standard InChI is InChI=1S/C17H26N2O5S2/c1-13(17(21)19-14-7-4-2-3-5-8-14)24-15(20)10-11-18-26(22,23)16-9-6-12-25-16/h6,9,12-14,18H,2-5,7-8,10-11H2,1H3,(H,19,21)/t13-/m1/s1. The predicted octanol–water partition coefficient (Wildman–Crippen LogP) is 2.19. The number of ether oxygens (including phenoxy) is 1. The summed E-state index contributed by atoms with van der Waals surface area (Å²) in [5.74, 6) is -0.910. The van der Waals surface area contributed by atoms with Crippen LogP contribution in [0.4, 0.5) is 0 Å². The van der Waals surface area contributed by atoms with E-state index in [1.165, 1.54) is 25.8 Å². The third-order valence-corrected chi connectivity index (χ3v) is 7.12. The summed E-state index contributed by atoms with van der Waals surface area (Å²) in [6, 6.07) is 3.27. The monoisotopic (exact) mass is 402 g/mol. The topological polar surface area (TPSA) is 102 Å². The van der Waals surface area contributed by atoms with Crippen molar-refractivity contribution < 1.29 is 22.7 Å². The van der Waals surface area contributed by atoms with E-state index in [0.29, 0.717) is 0 Å². The molecule has 146 valence electrons. The molecule has 1 atom stereocenters. The molecule has 0 aromatic carbocycles. The van der Waals surface area contributed by atoms with Gasteiger partial charge in [0.2, 0.25) is 10.0 Å². The number of hydrogen-bond acceptors (Lipinski definition) is 6. The second kappa shape index (κ2) is 10.0. The first-order valence-electron chi connectivity index (χ1n) is 8.91. The highest BCUT2D eigenvalue weighted by atomic mass is 32.2. The minimum atomic E-state index is -3.60. The van der Waals surface area contributed by atoms with Gasteiger partial charge < -0.3 is 10.1 Å². The van der Waals surface area contributed by atoms with E-state index in [9.17, 15) is 18.0 Å². The van der Waals surface area contributed by atoms with Crippen LogP contribution < -0.4 is 10.0 Å². The van der Waals surface area contributed by atoms with Gasteiger partial charge in [-0.05, 0) is 31.2 Å². The van der Waals surface area contributed by atoms with Crippen LogP contribution >= 0.6 is 11.3 Å². The summed E-state index contributed by atoms with van der Waals surface area (Å²) in [6.45, 7) is 1.45. The lowest BCUT2D eigenvalue weighted by Crippen LogP contribution is -2.42. The van der Waals surface area contributed by atoms with Gasteiger partial charge in [0.25, 0.3) is 5.91 Å². The van der Waals surface area contributed by atoms with Gasteiger partial charge in [-0.2, -0.15) is 0 Å². The molecule has 1 saturated carbocycles. The van der Waals surface area contributed by atoms with Gasteiger partial charge in [0.1, 0.15) is 4.21 Å². The summed E-state index contributed by atoms with van der Waals surface area (Å²) in [4.78, 5) is 24.0. The normalized spacial score (nSPS) is 17.3. The van der Waals surface area contributed by atoms with Crippen LogP contribution in [0.25, 0.3) is 0 Å². The fourth-order valence-electron chi connectivity index (χ4n) is 2.83. The average Bonchev–Trinajstić information content (AvgIpc) is 3.02. The molecule has 0 unspecified atom stereocenters. The summed E-state index contributed by atoms with van der Waals surface area (Å²) in [7, 11) is -3.60. The number of thiophene rings is 1. The fourth-order valence-corrected chi connectivity index (χ4v) is 4.90. The van der Waals surface area contributed by atoms with Gasteiger partial charge >= 0.3 is 5.97 Å². The third kappa shape index (κ3) is 6.69. The van der Waals surface area contributed by atoms with Crippen LogP contribution in [0.15, 0.2) is 21.7 Å². The highest BCUT2D eigenvalue weighted by Gasteiger charge is 2.22. The van der Waals surface area contributed by atoms with Gasteiger partial charge in [0.15, 0.2) is 6.10 Å². The Morgan fingerprint density at radius 3 is 2.58 bits per heavy atom. The first-order chi connectivity index (χ1) is 12.4. The van der Waals surface area contributed by atoms with E-state index < -0.39 is 22.1 Å². The van der Waals surface area contributed by atoms with E-state index in [1.54, 1.807) is 11.4 Å². The number of carbonyl (C=O) groups is 2. The van der Waals surface area contributed by atoms with Gasteiger partial charge in [-0.3, -0.25) is 9.59 Å². The minimum Gasteiger partial charge on any atom is -0.453 e. The molecular formula is C17H26N2O5S2. The lowest BCUT2D eigenvalue weighted by molar-refractivity contribution is -0.154. The molecule has 0 radical (unpaired) electrons. The molecule has 0 aliphatic heterocycles. The maximum atomic E-state index is 12.1. The number of hydrogen-bond donors (Lipinski definition) is 2. The number of rotatable bonds is 8. The Labute approximate surface area is 158 Å². The van der Waals surface area contributed by atoms with Crippen LogP contribution in [-0.4, -0.2) is 39.0 Å². The van der Waals surface area contributed by atoms with Crippen LogP contribution in [0.5, 0.6) is 0 Å². The Balaban J connectivity index is 1.70. The van der Waals surface area contributed by atoms with Gasteiger partial charge in [-0.1, -0.05) is 31.7 Å². The Morgan fingerprint density at radius 2 is 1.96 bits per heavy atom. The zero-order valence-corrected chi connectivity index (χ0v) is 16.5. The average molecular weight is 403 g/mol. The molecule has 7 nitrogen and oxygen atoms in total. The number of nitrogens with one attached hydrogen (secondary N) is 2. The zero-order chi connectivity index (χ0) is 19.0. The summed E-state index contributed by atoms with van der Waals surface area (Å²) in [6.07, 6.45) is 5.47. The lowest BCUT2D eigenvalue weighted by Gasteiger charge is -2.19. The van der Waals surface area contributed by atoms with Crippen molar-refractivity contribution in [2.45, 2.75) is 68.2 Å². The van der Waals surface area contributed by atoms with E-state index in [2.05, 4.69) is 10.0 Å². The van der Waals surface area contributed by atoms with Gasteiger partial charge in [-0.15, -0.1) is 11.3 Å². The van der Waals surface area contributed by atoms with Crippen molar-refractivity contribution in [1.29, 1.82) is 0 Å². The molecule has 1 fully saturated rings. The Bertz CT molecular complexity index is 680. The molecule has 1 amide bonds. The van der Waals surface area contributed by atoms with Crippen LogP contribution in [0.3, 0.4) is 0 Å². The van der Waals surface area contributed by atoms with Crippen molar-refractivity contribution in [2.24, 2.45) is 0 Å². The molecule has 1 aromatic rings. The molecule has 1 heterocycles. The predicted molar refractivity (Wildman–Crippen MR) is 99.3 cm³/mol. The number of sulfonamides is 1. The maximum absolute atomic E-state index is 12.1. The first kappa shape index (κ1) is 20.9. The van der Waals surface area contributed by atoms with E-state index in [-0.39, 0.29) is 29.1 Å². The molecule has 1 aliphatic carbocycles. The molecule has 2 rings (SSSR count). The highest BCUT2D eigenvalue weighted by Crippen LogP contribution is 2.17. The molecule has 1 aromatic heterocycles. The molecule has 26 heavy (non-hydrogen) atoms. The second-order valence-corrected chi connectivity index (χ2v) is 9.35. The van der Waals surface area contributed by atoms with Crippen molar-refractivity contribution >= 4 is 33.2 Å². The van der Waals surface area contributed by atoms with Crippen molar-refractivity contribution in [3.8, 4) is 0 Å². The van der Waals surface area contributed by atoms with Crippen molar-refractivity contribution in [1.82, 2.24) is 10.0 Å². The lowest BCUT2D eigenvalue weighted by atomic mass is 10.1. The fraction of sp³-hybridized carbons (Fsp3) is 0.647. The van der Waals surface area contributed by atoms with Crippen LogP contribution in [0, 0.1) is 0 Å². The zero-order valence-electron chi connectivity index (χ0n) is 14.9. The summed E-state index contributed by atoms with van der Waals surface area (Å²) in [5, 5.41) is 4.60. The van der Waals surface area contributed by atoms with Crippen molar-refractivity contribution in [2.75, 3.05) is 6.54 Å². The molecular weight excluding hydrogens is 376 g/mol. The van der Waals surface area contributed by atoms with Gasteiger partial charge in [0.05, 0.1) is 6.42 Å². The Kier molecular flexibility index (Phi) is 8.05. The van der Waals surface area contributed by atoms with Gasteiger partial charge in [0, 0.05) is 12.6 Å². The first-order valence-corrected chi connectivity index (χ1v) is 11.3. The molecule has 2 N–H and O–H groups in total. The van der Waals surface area contributed by atoms with E-state index >= 15 is 0 Å². The van der Waals surface area contributed by atoms with E-state index in [4.69, 9.17) is 4.74 Å². The Morgan fingerprint density at radius 1 is 1.27 bits per heavy atom. The molecule has 0 spiro atoms. The number of esters is 1. The van der Waals surface area contributed by atoms with Crippen LogP contribution in [-0.2, 0) is 24.3 Å². The quantitative estimate of drug-likeness (QED) is 0.513. The van der Waals surface area contributed by atoms with Crippen LogP contribution in [0.2, 0.25) is 0 Å². The Hall–Kier alpha value is -1.45. The van der Waals surface area contributed by atoms with Crippen molar-refractivity contribution in [3.63, 3.8) is 0 Å². The second-order valence-electron chi connectivity index (χ2n) is 6.41. The summed E-state index contributed by atoms with van der Waals surface area (Å²) >= 11 is 1.10. The largest absolute Gasteiger partial charge is 0.453 e. The van der Waals surface area contributed by atoms with Crippen LogP contribution in [0.1, 0.15) is 51.9 Å². The highest BCUT2D eigenvalue weighted by molar-refractivity contribution is 7.91. The SMILES string of the molecule is C[C@@H](OC(=O)CCNS(=O)(=O)c1cccs1)C(=O)NC1CCCCCC1. The van der Waals surface area contributed by atoms with Gasteiger partial charge in [-0.25, -0.2) is 13.1 Å². The van der Waals surface area contributed by atoms with E-state index in [0.717, 1.165) is 37.0 Å². The minimum absolute atomic E-state index is 0.0734. The maximum Gasteiger partial charge on any atom is 0.307 e.